The van der Waals surface area contributed by atoms with Crippen LogP contribution < -0.4 is 5.32 Å². The number of amides is 1. The molecule has 1 N–H and O–H groups in total. The minimum absolute atomic E-state index is 0.0342. The van der Waals surface area contributed by atoms with E-state index in [0.717, 1.165) is 4.31 Å². The molecule has 8 nitrogen and oxygen atoms in total. The van der Waals surface area contributed by atoms with Crippen molar-refractivity contribution in [3.63, 3.8) is 0 Å². The monoisotopic (exact) mass is 405 g/mol. The van der Waals surface area contributed by atoms with E-state index in [9.17, 15) is 21.6 Å². The Morgan fingerprint density at radius 1 is 0.808 bits per heavy atom. The van der Waals surface area contributed by atoms with Crippen LogP contribution in [-0.2, 0) is 24.8 Å². The first-order valence-electron chi connectivity index (χ1n) is 8.52. The van der Waals surface area contributed by atoms with Crippen molar-refractivity contribution in [2.45, 2.75) is 37.5 Å². The van der Waals surface area contributed by atoms with E-state index < -0.39 is 26.0 Å². The van der Waals surface area contributed by atoms with E-state index >= 15 is 0 Å². The van der Waals surface area contributed by atoms with Crippen LogP contribution in [0.1, 0.15) is 27.7 Å². The molecular formula is C16H27N3O5S2. The Morgan fingerprint density at radius 2 is 1.19 bits per heavy atom. The topological polar surface area (TPSA) is 104 Å². The van der Waals surface area contributed by atoms with Crippen LogP contribution in [0.3, 0.4) is 0 Å². The van der Waals surface area contributed by atoms with Crippen LogP contribution in [0, 0.1) is 0 Å². The lowest BCUT2D eigenvalue weighted by molar-refractivity contribution is -0.121. The van der Waals surface area contributed by atoms with Crippen LogP contribution in [0.15, 0.2) is 34.1 Å². The zero-order valence-electron chi connectivity index (χ0n) is 15.6. The van der Waals surface area contributed by atoms with Gasteiger partial charge in [-0.15, -0.1) is 0 Å². The lowest BCUT2D eigenvalue weighted by Gasteiger charge is -2.21. The van der Waals surface area contributed by atoms with Gasteiger partial charge in [0.1, 0.15) is 0 Å². The SMILES string of the molecule is CCNC(=O)CN(CC)S(=O)(=O)c1ccc(S(=O)(=O)N(CC)CC)cc1. The second-order valence-electron chi connectivity index (χ2n) is 5.45. The highest BCUT2D eigenvalue weighted by atomic mass is 32.2. The van der Waals surface area contributed by atoms with Crippen molar-refractivity contribution >= 4 is 26.0 Å². The van der Waals surface area contributed by atoms with Crippen LogP contribution in [-0.4, -0.2) is 64.1 Å². The molecule has 1 aromatic rings. The minimum atomic E-state index is -3.89. The predicted molar refractivity (Wildman–Crippen MR) is 99.7 cm³/mol. The van der Waals surface area contributed by atoms with E-state index in [1.807, 2.05) is 0 Å². The molecule has 0 unspecified atom stereocenters. The summed E-state index contributed by atoms with van der Waals surface area (Å²) in [6.45, 7) is 7.76. The molecule has 1 aromatic carbocycles. The van der Waals surface area contributed by atoms with E-state index in [1.165, 1.54) is 28.6 Å². The second kappa shape index (κ2) is 9.45. The molecule has 0 aromatic heterocycles. The molecule has 0 spiro atoms. The van der Waals surface area contributed by atoms with Gasteiger partial charge in [0.2, 0.25) is 26.0 Å². The average Bonchev–Trinajstić information content (AvgIpc) is 2.60. The predicted octanol–water partition coefficient (Wildman–Crippen LogP) is 0.864. The van der Waals surface area contributed by atoms with Gasteiger partial charge in [-0.05, 0) is 31.2 Å². The van der Waals surface area contributed by atoms with Gasteiger partial charge in [0.15, 0.2) is 0 Å². The summed E-state index contributed by atoms with van der Waals surface area (Å²) in [6.07, 6.45) is 0. The first-order valence-corrected chi connectivity index (χ1v) is 11.4. The van der Waals surface area contributed by atoms with Crippen LogP contribution in [0.4, 0.5) is 0 Å². The van der Waals surface area contributed by atoms with Gasteiger partial charge in [-0.2, -0.15) is 8.61 Å². The molecule has 0 bridgehead atoms. The van der Waals surface area contributed by atoms with Gasteiger partial charge in [-0.3, -0.25) is 4.79 Å². The quantitative estimate of drug-likeness (QED) is 0.622. The van der Waals surface area contributed by atoms with Crippen molar-refractivity contribution < 1.29 is 21.6 Å². The highest BCUT2D eigenvalue weighted by Crippen LogP contribution is 2.20. The van der Waals surface area contributed by atoms with Crippen molar-refractivity contribution in [2.75, 3.05) is 32.7 Å². The highest BCUT2D eigenvalue weighted by molar-refractivity contribution is 7.89. The van der Waals surface area contributed by atoms with Crippen LogP contribution >= 0.6 is 0 Å². The van der Waals surface area contributed by atoms with E-state index in [0.29, 0.717) is 19.6 Å². The number of hydrogen-bond donors (Lipinski definition) is 1. The van der Waals surface area contributed by atoms with Crippen molar-refractivity contribution in [3.8, 4) is 0 Å². The van der Waals surface area contributed by atoms with Gasteiger partial charge in [0, 0.05) is 26.2 Å². The number of carbonyl (C=O) groups is 1. The Morgan fingerprint density at radius 3 is 1.54 bits per heavy atom. The number of nitrogens with one attached hydrogen (secondary N) is 1. The van der Waals surface area contributed by atoms with Gasteiger partial charge in [0.05, 0.1) is 16.3 Å². The second-order valence-corrected chi connectivity index (χ2v) is 9.32. The molecule has 26 heavy (non-hydrogen) atoms. The van der Waals surface area contributed by atoms with Crippen LogP contribution in [0.5, 0.6) is 0 Å². The lowest BCUT2D eigenvalue weighted by atomic mass is 10.4. The summed E-state index contributed by atoms with van der Waals surface area (Å²) in [5, 5.41) is 2.56. The number of benzene rings is 1. The molecule has 0 heterocycles. The largest absolute Gasteiger partial charge is 0.355 e. The number of hydrogen-bond acceptors (Lipinski definition) is 5. The van der Waals surface area contributed by atoms with Gasteiger partial charge in [-0.25, -0.2) is 16.8 Å². The maximum atomic E-state index is 12.7. The molecule has 0 saturated carbocycles. The summed E-state index contributed by atoms with van der Waals surface area (Å²) in [6, 6.07) is 5.07. The third kappa shape index (κ3) is 5.03. The summed E-state index contributed by atoms with van der Waals surface area (Å²) in [5.74, 6) is -0.390. The van der Waals surface area contributed by atoms with Gasteiger partial charge in [0.25, 0.3) is 0 Å². The molecule has 1 amide bonds. The summed E-state index contributed by atoms with van der Waals surface area (Å²) >= 11 is 0. The molecular weight excluding hydrogens is 378 g/mol. The number of carbonyl (C=O) groups excluding carboxylic acids is 1. The van der Waals surface area contributed by atoms with E-state index in [-0.39, 0.29) is 22.9 Å². The summed E-state index contributed by atoms with van der Waals surface area (Å²) in [4.78, 5) is 11.7. The fourth-order valence-electron chi connectivity index (χ4n) is 2.43. The van der Waals surface area contributed by atoms with Crippen molar-refractivity contribution in [1.82, 2.24) is 13.9 Å². The zero-order valence-corrected chi connectivity index (χ0v) is 17.2. The maximum absolute atomic E-state index is 12.7. The third-order valence-electron chi connectivity index (χ3n) is 3.85. The number of nitrogens with zero attached hydrogens (tertiary/aromatic N) is 2. The molecule has 0 fully saturated rings. The van der Waals surface area contributed by atoms with Crippen molar-refractivity contribution in [1.29, 1.82) is 0 Å². The zero-order chi connectivity index (χ0) is 20.0. The number of rotatable bonds is 10. The third-order valence-corrected chi connectivity index (χ3v) is 7.85. The molecule has 0 atom stereocenters. The standard InChI is InChI=1S/C16H27N3O5S2/c1-5-17-16(20)13-19(8-4)26(23,24)15-11-9-14(10-12-15)25(21,22)18(6-2)7-3/h9-12H,5-8,13H2,1-4H3,(H,17,20). The maximum Gasteiger partial charge on any atom is 0.243 e. The minimum Gasteiger partial charge on any atom is -0.355 e. The van der Waals surface area contributed by atoms with Gasteiger partial charge < -0.3 is 5.32 Å². The Hall–Kier alpha value is -1.49. The number of likely N-dealkylation sites (N-methyl/N-ethyl adjacent to an activating group) is 2. The first-order chi connectivity index (χ1) is 12.1. The summed E-state index contributed by atoms with van der Waals surface area (Å²) in [5.41, 5.74) is 0. The smallest absolute Gasteiger partial charge is 0.243 e. The molecule has 10 heteroatoms. The average molecular weight is 406 g/mol. The van der Waals surface area contributed by atoms with Crippen LogP contribution in [0.2, 0.25) is 0 Å². The highest BCUT2D eigenvalue weighted by Gasteiger charge is 2.27. The number of sulfonamides is 2. The van der Waals surface area contributed by atoms with E-state index in [1.54, 1.807) is 27.7 Å². The fraction of sp³-hybridized carbons (Fsp3) is 0.562. The lowest BCUT2D eigenvalue weighted by Crippen LogP contribution is -2.40. The van der Waals surface area contributed by atoms with Crippen LogP contribution in [0.25, 0.3) is 0 Å². The molecule has 0 radical (unpaired) electrons. The Balaban J connectivity index is 3.14. The fourth-order valence-corrected chi connectivity index (χ4v) is 5.29. The molecule has 1 rings (SSSR count). The van der Waals surface area contributed by atoms with E-state index in [2.05, 4.69) is 5.32 Å². The van der Waals surface area contributed by atoms with E-state index in [4.69, 9.17) is 0 Å². The molecule has 148 valence electrons. The molecule has 0 aliphatic rings. The summed E-state index contributed by atoms with van der Waals surface area (Å²) < 4.78 is 52.7. The van der Waals surface area contributed by atoms with Gasteiger partial charge in [-0.1, -0.05) is 20.8 Å². The normalized spacial score (nSPS) is 12.5. The molecule has 0 aliphatic heterocycles. The first kappa shape index (κ1) is 22.6. The summed E-state index contributed by atoms with van der Waals surface area (Å²) in [7, 11) is -7.55. The Bertz CT molecular complexity index is 801. The molecule has 0 saturated heterocycles. The Kier molecular flexibility index (Phi) is 8.19. The Labute approximate surface area is 156 Å². The molecule has 0 aliphatic carbocycles. The van der Waals surface area contributed by atoms with Gasteiger partial charge >= 0.3 is 0 Å². The van der Waals surface area contributed by atoms with Crippen molar-refractivity contribution in [3.05, 3.63) is 24.3 Å². The van der Waals surface area contributed by atoms with Crippen molar-refractivity contribution in [2.24, 2.45) is 0 Å².